The molecule has 4 N–H and O–H groups in total. The molecule has 1 saturated carbocycles. The first-order valence-corrected chi connectivity index (χ1v) is 11.5. The molecule has 2 amide bonds. The van der Waals surface area contributed by atoms with Crippen molar-refractivity contribution >= 4 is 36.0 Å². The molecule has 2 aliphatic heterocycles. The van der Waals surface area contributed by atoms with E-state index in [2.05, 4.69) is 22.5 Å². The standard InChI is InChI=1S/C21H40N6O.HI/c1-2-23-21(25-18-10-13-26(14-11-18)20(22)28)24-15-19-9-6-12-27(19)16-17-7-4-3-5-8-17;/h17-19H,2-16H2,1H3,(H2,22,28)(H2,23,24,25);1H. The third-order valence-corrected chi connectivity index (χ3v) is 6.67. The average molecular weight is 521 g/mol. The van der Waals surface area contributed by atoms with Crippen LogP contribution in [0.3, 0.4) is 0 Å². The van der Waals surface area contributed by atoms with Crippen LogP contribution in [-0.4, -0.2) is 73.1 Å². The molecule has 0 aromatic carbocycles. The Morgan fingerprint density at radius 3 is 2.41 bits per heavy atom. The molecule has 3 rings (SSSR count). The second-order valence-corrected chi connectivity index (χ2v) is 8.76. The van der Waals surface area contributed by atoms with Crippen molar-refractivity contribution in [2.75, 3.05) is 39.3 Å². The van der Waals surface area contributed by atoms with Gasteiger partial charge in [0.2, 0.25) is 0 Å². The van der Waals surface area contributed by atoms with E-state index in [9.17, 15) is 4.79 Å². The quantitative estimate of drug-likeness (QED) is 0.286. The number of urea groups is 1. The molecule has 7 nitrogen and oxygen atoms in total. The first kappa shape index (κ1) is 24.5. The third kappa shape index (κ3) is 7.77. The minimum Gasteiger partial charge on any atom is -0.357 e. The second kappa shape index (κ2) is 12.8. The molecule has 168 valence electrons. The minimum absolute atomic E-state index is 0. The van der Waals surface area contributed by atoms with Crippen molar-refractivity contribution < 1.29 is 4.79 Å². The maximum absolute atomic E-state index is 11.3. The summed E-state index contributed by atoms with van der Waals surface area (Å²) < 4.78 is 0. The van der Waals surface area contributed by atoms with E-state index in [-0.39, 0.29) is 30.0 Å². The zero-order chi connectivity index (χ0) is 19.8. The van der Waals surface area contributed by atoms with Crippen LogP contribution < -0.4 is 16.4 Å². The monoisotopic (exact) mass is 520 g/mol. The van der Waals surface area contributed by atoms with Gasteiger partial charge in [0.15, 0.2) is 5.96 Å². The number of aliphatic imine (C=N–C) groups is 1. The number of carbonyl (C=O) groups excluding carboxylic acids is 1. The lowest BCUT2D eigenvalue weighted by Crippen LogP contribution is -2.51. The third-order valence-electron chi connectivity index (χ3n) is 6.67. The van der Waals surface area contributed by atoms with Gasteiger partial charge in [-0.05, 0) is 57.9 Å². The Kier molecular flexibility index (Phi) is 10.8. The molecule has 0 aromatic heterocycles. The lowest BCUT2D eigenvalue weighted by atomic mass is 9.89. The van der Waals surface area contributed by atoms with E-state index in [0.717, 1.165) is 50.9 Å². The number of halogens is 1. The van der Waals surface area contributed by atoms with E-state index < -0.39 is 0 Å². The van der Waals surface area contributed by atoms with Gasteiger partial charge in [0.25, 0.3) is 0 Å². The summed E-state index contributed by atoms with van der Waals surface area (Å²) in [6, 6.07) is 0.641. The lowest BCUT2D eigenvalue weighted by molar-refractivity contribution is 0.188. The van der Waals surface area contributed by atoms with Crippen LogP contribution in [0.2, 0.25) is 0 Å². The van der Waals surface area contributed by atoms with Crippen LogP contribution >= 0.6 is 24.0 Å². The second-order valence-electron chi connectivity index (χ2n) is 8.76. The Morgan fingerprint density at radius 1 is 1.03 bits per heavy atom. The van der Waals surface area contributed by atoms with Gasteiger partial charge < -0.3 is 21.3 Å². The summed E-state index contributed by atoms with van der Waals surface area (Å²) in [5.74, 6) is 1.82. The van der Waals surface area contributed by atoms with Crippen molar-refractivity contribution in [1.82, 2.24) is 20.4 Å². The highest BCUT2D eigenvalue weighted by molar-refractivity contribution is 14.0. The molecule has 0 radical (unpaired) electrons. The molecule has 2 saturated heterocycles. The summed E-state index contributed by atoms with van der Waals surface area (Å²) in [7, 11) is 0. The van der Waals surface area contributed by atoms with Crippen molar-refractivity contribution in [1.29, 1.82) is 0 Å². The van der Waals surface area contributed by atoms with E-state index in [1.807, 2.05) is 0 Å². The largest absolute Gasteiger partial charge is 0.357 e. The number of nitrogens with zero attached hydrogens (tertiary/aromatic N) is 3. The van der Waals surface area contributed by atoms with Gasteiger partial charge in [-0.25, -0.2) is 4.79 Å². The van der Waals surface area contributed by atoms with Crippen LogP contribution in [0, 0.1) is 5.92 Å². The SMILES string of the molecule is CCNC(=NCC1CCCN1CC1CCCCC1)NC1CCN(C(N)=O)CC1.I. The number of guanidine groups is 1. The molecular weight excluding hydrogens is 479 g/mol. The van der Waals surface area contributed by atoms with Gasteiger partial charge in [-0.3, -0.25) is 9.89 Å². The van der Waals surface area contributed by atoms with Gasteiger partial charge >= 0.3 is 6.03 Å². The van der Waals surface area contributed by atoms with Crippen molar-refractivity contribution in [2.45, 2.75) is 76.8 Å². The number of piperidine rings is 1. The lowest BCUT2D eigenvalue weighted by Gasteiger charge is -2.32. The van der Waals surface area contributed by atoms with Crippen molar-refractivity contribution in [3.63, 3.8) is 0 Å². The van der Waals surface area contributed by atoms with E-state index >= 15 is 0 Å². The fraction of sp³-hybridized carbons (Fsp3) is 0.905. The molecule has 2 heterocycles. The highest BCUT2D eigenvalue weighted by atomic mass is 127. The van der Waals surface area contributed by atoms with Crippen LogP contribution in [0.4, 0.5) is 4.79 Å². The Hall–Kier alpha value is -0.770. The highest BCUT2D eigenvalue weighted by Crippen LogP contribution is 2.27. The smallest absolute Gasteiger partial charge is 0.314 e. The molecule has 0 aromatic rings. The topological polar surface area (TPSA) is 86.0 Å². The minimum atomic E-state index is -0.307. The van der Waals surface area contributed by atoms with Gasteiger partial charge in [0.05, 0.1) is 6.54 Å². The number of nitrogens with one attached hydrogen (secondary N) is 2. The Labute approximate surface area is 193 Å². The molecule has 1 unspecified atom stereocenters. The number of likely N-dealkylation sites (tertiary alicyclic amines) is 2. The van der Waals surface area contributed by atoms with Crippen LogP contribution in [0.5, 0.6) is 0 Å². The fourth-order valence-electron chi connectivity index (χ4n) is 5.00. The maximum atomic E-state index is 11.3. The summed E-state index contributed by atoms with van der Waals surface area (Å²) in [5.41, 5.74) is 5.38. The van der Waals surface area contributed by atoms with Crippen molar-refractivity contribution in [3.8, 4) is 0 Å². The van der Waals surface area contributed by atoms with Gasteiger partial charge in [0.1, 0.15) is 0 Å². The van der Waals surface area contributed by atoms with Crippen molar-refractivity contribution in [2.24, 2.45) is 16.6 Å². The number of carbonyl (C=O) groups is 1. The van der Waals surface area contributed by atoms with Crippen LogP contribution in [0.15, 0.2) is 4.99 Å². The van der Waals surface area contributed by atoms with Gasteiger partial charge in [-0.2, -0.15) is 0 Å². The number of primary amides is 1. The molecule has 29 heavy (non-hydrogen) atoms. The van der Waals surface area contributed by atoms with E-state index in [1.165, 1.54) is 58.0 Å². The van der Waals surface area contributed by atoms with Gasteiger partial charge in [-0.1, -0.05) is 19.3 Å². The Morgan fingerprint density at radius 2 is 1.76 bits per heavy atom. The number of amides is 2. The first-order valence-electron chi connectivity index (χ1n) is 11.5. The summed E-state index contributed by atoms with van der Waals surface area (Å²) in [6.45, 7) is 7.82. The Bertz CT molecular complexity index is 517. The maximum Gasteiger partial charge on any atom is 0.314 e. The number of hydrogen-bond donors (Lipinski definition) is 3. The summed E-state index contributed by atoms with van der Waals surface area (Å²) in [4.78, 5) is 20.7. The summed E-state index contributed by atoms with van der Waals surface area (Å²) >= 11 is 0. The molecule has 1 atom stereocenters. The highest BCUT2D eigenvalue weighted by Gasteiger charge is 2.27. The predicted octanol–water partition coefficient (Wildman–Crippen LogP) is 2.75. The summed E-state index contributed by atoms with van der Waals surface area (Å²) in [6.07, 6.45) is 11.5. The summed E-state index contributed by atoms with van der Waals surface area (Å²) in [5, 5.41) is 6.98. The molecular formula is C21H41IN6O. The van der Waals surface area contributed by atoms with Gasteiger partial charge in [-0.15, -0.1) is 24.0 Å². The normalized spacial score (nSPS) is 24.9. The van der Waals surface area contributed by atoms with E-state index in [1.54, 1.807) is 4.90 Å². The molecule has 0 spiro atoms. The van der Waals surface area contributed by atoms with Crippen LogP contribution in [0.25, 0.3) is 0 Å². The first-order chi connectivity index (χ1) is 13.7. The molecule has 0 bridgehead atoms. The average Bonchev–Trinajstić information content (AvgIpc) is 3.14. The van der Waals surface area contributed by atoms with Crippen LogP contribution in [0.1, 0.15) is 64.7 Å². The zero-order valence-corrected chi connectivity index (χ0v) is 20.4. The Balaban J connectivity index is 0.00000300. The van der Waals surface area contributed by atoms with Crippen LogP contribution in [-0.2, 0) is 0 Å². The van der Waals surface area contributed by atoms with E-state index in [0.29, 0.717) is 12.1 Å². The molecule has 3 fully saturated rings. The molecule has 1 aliphatic carbocycles. The van der Waals surface area contributed by atoms with Gasteiger partial charge in [0, 0.05) is 38.3 Å². The number of hydrogen-bond acceptors (Lipinski definition) is 3. The predicted molar refractivity (Wildman–Crippen MR) is 130 cm³/mol. The number of nitrogens with two attached hydrogens (primary N) is 1. The molecule has 3 aliphatic rings. The van der Waals surface area contributed by atoms with Crippen molar-refractivity contribution in [3.05, 3.63) is 0 Å². The fourth-order valence-corrected chi connectivity index (χ4v) is 5.00. The van der Waals surface area contributed by atoms with E-state index in [4.69, 9.17) is 10.7 Å². The number of rotatable bonds is 6. The zero-order valence-electron chi connectivity index (χ0n) is 18.1. The molecule has 8 heteroatoms.